The van der Waals surface area contributed by atoms with Gasteiger partial charge in [0, 0.05) is 43.1 Å². The Morgan fingerprint density at radius 1 is 1.16 bits per heavy atom. The minimum Gasteiger partial charge on any atom is -0.342 e. The molecule has 0 saturated carbocycles. The van der Waals surface area contributed by atoms with Gasteiger partial charge in [0.15, 0.2) is 0 Å². The van der Waals surface area contributed by atoms with Crippen LogP contribution >= 0.6 is 0 Å². The van der Waals surface area contributed by atoms with Gasteiger partial charge in [-0.2, -0.15) is 5.26 Å². The van der Waals surface area contributed by atoms with Crippen LogP contribution in [0, 0.1) is 22.7 Å². The SMILES string of the molecule is N#Cc1ccc(N2C[C@]3(CCN(C(=O)C4CC=CC4)C3)CC2=O)cc1. The third-order valence-corrected chi connectivity index (χ3v) is 5.74. The van der Waals surface area contributed by atoms with E-state index in [9.17, 15) is 9.59 Å². The van der Waals surface area contributed by atoms with Crippen LogP contribution in [0.15, 0.2) is 36.4 Å². The van der Waals surface area contributed by atoms with E-state index in [4.69, 9.17) is 5.26 Å². The Hall–Kier alpha value is -2.61. The van der Waals surface area contributed by atoms with Crippen LogP contribution in [0.5, 0.6) is 0 Å². The molecular formula is C20H21N3O2. The van der Waals surface area contributed by atoms with Crippen LogP contribution < -0.4 is 4.90 Å². The molecule has 5 nitrogen and oxygen atoms in total. The molecule has 0 N–H and O–H groups in total. The molecule has 1 atom stereocenters. The minimum atomic E-state index is -0.118. The van der Waals surface area contributed by atoms with Gasteiger partial charge in [-0.05, 0) is 43.5 Å². The summed E-state index contributed by atoms with van der Waals surface area (Å²) in [5.41, 5.74) is 1.31. The maximum atomic E-state index is 12.6. The fourth-order valence-corrected chi connectivity index (χ4v) is 4.32. The van der Waals surface area contributed by atoms with Crippen molar-refractivity contribution in [2.45, 2.75) is 25.7 Å². The Balaban J connectivity index is 1.46. The van der Waals surface area contributed by atoms with E-state index in [0.29, 0.717) is 25.1 Å². The van der Waals surface area contributed by atoms with Gasteiger partial charge in [0.25, 0.3) is 0 Å². The van der Waals surface area contributed by atoms with Gasteiger partial charge < -0.3 is 9.80 Å². The zero-order valence-electron chi connectivity index (χ0n) is 14.1. The van der Waals surface area contributed by atoms with Crippen LogP contribution in [0.25, 0.3) is 0 Å². The second kappa shape index (κ2) is 6.03. The van der Waals surface area contributed by atoms with Crippen molar-refractivity contribution < 1.29 is 9.59 Å². The fraction of sp³-hybridized carbons (Fsp3) is 0.450. The van der Waals surface area contributed by atoms with E-state index in [0.717, 1.165) is 31.5 Å². The van der Waals surface area contributed by atoms with Gasteiger partial charge >= 0.3 is 0 Å². The largest absolute Gasteiger partial charge is 0.342 e. The number of likely N-dealkylation sites (tertiary alicyclic amines) is 1. The molecular weight excluding hydrogens is 314 g/mol. The molecule has 128 valence electrons. The first kappa shape index (κ1) is 15.9. The van der Waals surface area contributed by atoms with Gasteiger partial charge in [-0.3, -0.25) is 9.59 Å². The Kier molecular flexibility index (Phi) is 3.84. The third kappa shape index (κ3) is 2.82. The molecule has 0 bridgehead atoms. The summed E-state index contributed by atoms with van der Waals surface area (Å²) >= 11 is 0. The normalized spacial score (nSPS) is 26.0. The smallest absolute Gasteiger partial charge is 0.227 e. The molecule has 3 aliphatic rings. The number of amides is 2. The number of allylic oxidation sites excluding steroid dienone is 2. The van der Waals surface area contributed by atoms with Crippen molar-refractivity contribution in [1.82, 2.24) is 4.90 Å². The Morgan fingerprint density at radius 3 is 2.56 bits per heavy atom. The number of hydrogen-bond acceptors (Lipinski definition) is 3. The lowest BCUT2D eigenvalue weighted by molar-refractivity contribution is -0.134. The van der Waals surface area contributed by atoms with Crippen molar-refractivity contribution in [3.05, 3.63) is 42.0 Å². The monoisotopic (exact) mass is 335 g/mol. The number of benzene rings is 1. The van der Waals surface area contributed by atoms with E-state index >= 15 is 0 Å². The van der Waals surface area contributed by atoms with Crippen LogP contribution in [-0.4, -0.2) is 36.3 Å². The van der Waals surface area contributed by atoms with E-state index in [1.165, 1.54) is 0 Å². The first-order valence-corrected chi connectivity index (χ1v) is 8.85. The molecule has 2 amide bonds. The molecule has 2 heterocycles. The van der Waals surface area contributed by atoms with E-state index in [1.807, 2.05) is 21.9 Å². The van der Waals surface area contributed by atoms with Gasteiger partial charge in [0.1, 0.15) is 0 Å². The lowest BCUT2D eigenvalue weighted by Crippen LogP contribution is -2.36. The molecule has 0 aromatic heterocycles. The van der Waals surface area contributed by atoms with E-state index < -0.39 is 0 Å². The highest BCUT2D eigenvalue weighted by molar-refractivity contribution is 5.96. The quantitative estimate of drug-likeness (QED) is 0.780. The molecule has 2 saturated heterocycles. The third-order valence-electron chi connectivity index (χ3n) is 5.74. The number of rotatable bonds is 2. The number of carbonyl (C=O) groups excluding carboxylic acids is 2. The molecule has 1 aromatic carbocycles. The number of carbonyl (C=O) groups is 2. The first-order valence-electron chi connectivity index (χ1n) is 8.85. The second-order valence-corrected chi connectivity index (χ2v) is 7.46. The van der Waals surface area contributed by atoms with Crippen molar-refractivity contribution in [2.75, 3.05) is 24.5 Å². The molecule has 2 fully saturated rings. The summed E-state index contributed by atoms with van der Waals surface area (Å²) in [7, 11) is 0. The van der Waals surface area contributed by atoms with E-state index in [1.54, 1.807) is 12.1 Å². The van der Waals surface area contributed by atoms with Gasteiger partial charge in [0.2, 0.25) is 11.8 Å². The minimum absolute atomic E-state index is 0.0990. The Labute approximate surface area is 147 Å². The zero-order chi connectivity index (χ0) is 17.4. The summed E-state index contributed by atoms with van der Waals surface area (Å²) in [4.78, 5) is 29.0. The number of nitriles is 1. The molecule has 1 spiro atoms. The molecule has 0 radical (unpaired) electrons. The average molecular weight is 335 g/mol. The van der Waals surface area contributed by atoms with Gasteiger partial charge in [-0.25, -0.2) is 0 Å². The molecule has 1 aliphatic carbocycles. The molecule has 2 aliphatic heterocycles. The summed E-state index contributed by atoms with van der Waals surface area (Å²) in [6.07, 6.45) is 7.24. The fourth-order valence-electron chi connectivity index (χ4n) is 4.32. The number of hydrogen-bond donors (Lipinski definition) is 0. The zero-order valence-corrected chi connectivity index (χ0v) is 14.1. The molecule has 4 rings (SSSR count). The van der Waals surface area contributed by atoms with Crippen molar-refractivity contribution in [3.63, 3.8) is 0 Å². The van der Waals surface area contributed by atoms with Crippen LogP contribution in [-0.2, 0) is 9.59 Å². The maximum absolute atomic E-state index is 12.6. The molecule has 25 heavy (non-hydrogen) atoms. The van der Waals surface area contributed by atoms with Crippen LogP contribution in [0.4, 0.5) is 5.69 Å². The van der Waals surface area contributed by atoms with E-state index in [2.05, 4.69) is 18.2 Å². The highest BCUT2D eigenvalue weighted by Crippen LogP contribution is 2.42. The van der Waals surface area contributed by atoms with Crippen molar-refractivity contribution in [3.8, 4) is 6.07 Å². The molecule has 1 aromatic rings. The lowest BCUT2D eigenvalue weighted by Gasteiger charge is -2.25. The molecule has 0 unspecified atom stereocenters. The predicted molar refractivity (Wildman–Crippen MR) is 93.6 cm³/mol. The van der Waals surface area contributed by atoms with Crippen molar-refractivity contribution in [2.24, 2.45) is 11.3 Å². The second-order valence-electron chi connectivity index (χ2n) is 7.46. The van der Waals surface area contributed by atoms with Gasteiger partial charge in [-0.15, -0.1) is 0 Å². The summed E-state index contributed by atoms with van der Waals surface area (Å²) < 4.78 is 0. The Morgan fingerprint density at radius 2 is 1.88 bits per heavy atom. The molecule has 5 heteroatoms. The standard InChI is InChI=1S/C20H21N3O2/c21-12-15-5-7-17(8-6-15)23-14-20(11-18(23)24)9-10-22(13-20)19(25)16-3-1-2-4-16/h1-2,5-8,16H,3-4,9-11,13-14H2/t20-/m1/s1. The van der Waals surface area contributed by atoms with Crippen molar-refractivity contribution >= 4 is 17.5 Å². The predicted octanol–water partition coefficient (Wildman–Crippen LogP) is 2.48. The summed E-state index contributed by atoms with van der Waals surface area (Å²) in [6.45, 7) is 2.09. The van der Waals surface area contributed by atoms with Crippen molar-refractivity contribution in [1.29, 1.82) is 5.26 Å². The maximum Gasteiger partial charge on any atom is 0.227 e. The van der Waals surface area contributed by atoms with E-state index in [-0.39, 0.29) is 23.1 Å². The van der Waals surface area contributed by atoms with Gasteiger partial charge in [-0.1, -0.05) is 12.2 Å². The average Bonchev–Trinajstić information content (AvgIpc) is 3.36. The highest BCUT2D eigenvalue weighted by atomic mass is 16.2. The van der Waals surface area contributed by atoms with Gasteiger partial charge in [0.05, 0.1) is 11.6 Å². The lowest BCUT2D eigenvalue weighted by atomic mass is 9.86. The topological polar surface area (TPSA) is 64.4 Å². The highest BCUT2D eigenvalue weighted by Gasteiger charge is 2.49. The first-order chi connectivity index (χ1) is 12.1. The van der Waals surface area contributed by atoms with Crippen LogP contribution in [0.3, 0.4) is 0 Å². The summed E-state index contributed by atoms with van der Waals surface area (Å²) in [5.74, 6) is 0.453. The number of anilines is 1. The Bertz CT molecular complexity index is 769. The summed E-state index contributed by atoms with van der Waals surface area (Å²) in [5, 5.41) is 8.91. The number of nitrogens with zero attached hydrogens (tertiary/aromatic N) is 3. The summed E-state index contributed by atoms with van der Waals surface area (Å²) in [6, 6.07) is 9.24. The van der Waals surface area contributed by atoms with Crippen LogP contribution in [0.2, 0.25) is 0 Å². The van der Waals surface area contributed by atoms with Crippen LogP contribution in [0.1, 0.15) is 31.2 Å².